The first-order valence-corrected chi connectivity index (χ1v) is 8.73. The largest absolute Gasteiger partial charge is 0.374 e. The van der Waals surface area contributed by atoms with E-state index >= 15 is 0 Å². The molecule has 1 saturated heterocycles. The maximum atomic E-state index is 12.8. The number of carbonyl (C=O) groups excluding carboxylic acids is 1. The van der Waals surface area contributed by atoms with Crippen molar-refractivity contribution in [3.05, 3.63) is 15.6 Å². The van der Waals surface area contributed by atoms with E-state index in [9.17, 15) is 4.79 Å². The summed E-state index contributed by atoms with van der Waals surface area (Å²) in [7, 11) is 4.11. The molecule has 0 saturated carbocycles. The predicted molar refractivity (Wildman–Crippen MR) is 89.8 cm³/mol. The van der Waals surface area contributed by atoms with E-state index in [-0.39, 0.29) is 12.0 Å². The molecule has 0 aliphatic carbocycles. The van der Waals surface area contributed by atoms with Crippen molar-refractivity contribution in [3.8, 4) is 0 Å². The van der Waals surface area contributed by atoms with Crippen LogP contribution in [0.15, 0.2) is 0 Å². The summed E-state index contributed by atoms with van der Waals surface area (Å²) in [4.78, 5) is 22.2. The van der Waals surface area contributed by atoms with Gasteiger partial charge in [0.2, 0.25) is 0 Å². The van der Waals surface area contributed by atoms with Gasteiger partial charge in [-0.1, -0.05) is 13.8 Å². The number of aryl methyl sites for hydroxylation is 1. The van der Waals surface area contributed by atoms with E-state index in [0.717, 1.165) is 28.5 Å². The van der Waals surface area contributed by atoms with Crippen molar-refractivity contribution in [2.45, 2.75) is 39.2 Å². The first kappa shape index (κ1) is 17.4. The van der Waals surface area contributed by atoms with Crippen LogP contribution >= 0.6 is 11.3 Å². The van der Waals surface area contributed by atoms with E-state index in [1.54, 1.807) is 0 Å². The van der Waals surface area contributed by atoms with Gasteiger partial charge < -0.3 is 14.5 Å². The lowest BCUT2D eigenvalue weighted by molar-refractivity contribution is -0.0268. The van der Waals surface area contributed by atoms with Crippen LogP contribution in [0.5, 0.6) is 0 Å². The average molecular weight is 325 g/mol. The maximum absolute atomic E-state index is 12.8. The van der Waals surface area contributed by atoms with Crippen LogP contribution in [0.4, 0.5) is 0 Å². The van der Waals surface area contributed by atoms with Crippen LogP contribution in [0.2, 0.25) is 0 Å². The quantitative estimate of drug-likeness (QED) is 0.834. The van der Waals surface area contributed by atoms with Crippen molar-refractivity contribution in [3.63, 3.8) is 0 Å². The van der Waals surface area contributed by atoms with Gasteiger partial charge in [-0.05, 0) is 27.4 Å². The van der Waals surface area contributed by atoms with E-state index in [2.05, 4.69) is 37.8 Å². The third-order valence-electron chi connectivity index (χ3n) is 3.83. The lowest BCUT2D eigenvalue weighted by atomic mass is 10.2. The molecule has 1 amide bonds. The van der Waals surface area contributed by atoms with Crippen LogP contribution in [0.1, 0.15) is 46.6 Å². The molecule has 0 aromatic carbocycles. The van der Waals surface area contributed by atoms with Crippen LogP contribution in [-0.2, 0) is 4.74 Å². The number of morpholine rings is 1. The molecule has 1 aromatic heterocycles. The van der Waals surface area contributed by atoms with E-state index in [0.29, 0.717) is 25.6 Å². The molecule has 1 atom stereocenters. The second kappa shape index (κ2) is 7.53. The Labute approximate surface area is 137 Å². The molecule has 0 bridgehead atoms. The average Bonchev–Trinajstić information content (AvgIpc) is 2.87. The zero-order chi connectivity index (χ0) is 16.3. The first-order chi connectivity index (χ1) is 10.4. The van der Waals surface area contributed by atoms with Crippen molar-refractivity contribution < 1.29 is 9.53 Å². The minimum absolute atomic E-state index is 0.111. The molecule has 0 unspecified atom stereocenters. The number of amides is 1. The first-order valence-electron chi connectivity index (χ1n) is 7.91. The van der Waals surface area contributed by atoms with E-state index in [4.69, 9.17) is 4.74 Å². The monoisotopic (exact) mass is 325 g/mol. The maximum Gasteiger partial charge on any atom is 0.266 e. The normalized spacial score (nSPS) is 19.2. The number of hydrogen-bond acceptors (Lipinski definition) is 5. The van der Waals surface area contributed by atoms with Gasteiger partial charge in [-0.25, -0.2) is 4.98 Å². The Morgan fingerprint density at radius 3 is 2.82 bits per heavy atom. The molecule has 1 aliphatic heterocycles. The number of nitrogens with zero attached hydrogens (tertiary/aromatic N) is 3. The SMILES string of the molecule is Cc1nc(C(C)C)sc1C(=O)N1CCO[C@@H](CCN(C)C)C1. The van der Waals surface area contributed by atoms with Crippen LogP contribution in [-0.4, -0.2) is 67.1 Å². The van der Waals surface area contributed by atoms with Crippen LogP contribution in [0, 0.1) is 6.92 Å². The van der Waals surface area contributed by atoms with E-state index in [1.165, 1.54) is 11.3 Å². The summed E-state index contributed by atoms with van der Waals surface area (Å²) in [6, 6.07) is 0. The second-order valence-corrected chi connectivity index (χ2v) is 7.49. The Hall–Kier alpha value is -0.980. The van der Waals surface area contributed by atoms with Crippen molar-refractivity contribution in [2.75, 3.05) is 40.3 Å². The molecule has 22 heavy (non-hydrogen) atoms. The fraction of sp³-hybridized carbons (Fsp3) is 0.750. The molecule has 1 aliphatic rings. The summed E-state index contributed by atoms with van der Waals surface area (Å²) in [5.74, 6) is 0.475. The summed E-state index contributed by atoms with van der Waals surface area (Å²) in [6.45, 7) is 9.10. The zero-order valence-corrected chi connectivity index (χ0v) is 15.1. The minimum Gasteiger partial charge on any atom is -0.374 e. The lowest BCUT2D eigenvalue weighted by Crippen LogP contribution is -2.46. The van der Waals surface area contributed by atoms with Gasteiger partial charge in [-0.15, -0.1) is 11.3 Å². The highest BCUT2D eigenvalue weighted by molar-refractivity contribution is 7.13. The Morgan fingerprint density at radius 1 is 1.50 bits per heavy atom. The second-order valence-electron chi connectivity index (χ2n) is 6.46. The zero-order valence-electron chi connectivity index (χ0n) is 14.3. The molecule has 2 rings (SSSR count). The molecular weight excluding hydrogens is 298 g/mol. The van der Waals surface area contributed by atoms with Crippen LogP contribution in [0.25, 0.3) is 0 Å². The molecule has 124 valence electrons. The summed E-state index contributed by atoms with van der Waals surface area (Å²) < 4.78 is 5.79. The van der Waals surface area contributed by atoms with Crippen molar-refractivity contribution >= 4 is 17.2 Å². The molecule has 0 spiro atoms. The fourth-order valence-corrected chi connectivity index (χ4v) is 3.52. The third kappa shape index (κ3) is 4.27. The molecule has 5 nitrogen and oxygen atoms in total. The number of ether oxygens (including phenoxy) is 1. The van der Waals surface area contributed by atoms with Gasteiger partial charge in [-0.3, -0.25) is 4.79 Å². The van der Waals surface area contributed by atoms with Crippen LogP contribution in [0.3, 0.4) is 0 Å². The Kier molecular flexibility index (Phi) is 5.94. The smallest absolute Gasteiger partial charge is 0.266 e. The van der Waals surface area contributed by atoms with E-state index < -0.39 is 0 Å². The summed E-state index contributed by atoms with van der Waals surface area (Å²) in [5.41, 5.74) is 0.857. The standard InChI is InChI=1S/C16H27N3O2S/c1-11(2)15-17-12(3)14(22-15)16(20)19-8-9-21-13(10-19)6-7-18(4)5/h11,13H,6-10H2,1-5H3/t13-/m0/s1. The molecule has 2 heterocycles. The number of aromatic nitrogens is 1. The summed E-state index contributed by atoms with van der Waals surface area (Å²) >= 11 is 1.54. The predicted octanol–water partition coefficient (Wildman–Crippen LogP) is 2.37. The highest BCUT2D eigenvalue weighted by Crippen LogP contribution is 2.26. The molecule has 1 fully saturated rings. The number of rotatable bonds is 5. The van der Waals surface area contributed by atoms with Gasteiger partial charge in [0.15, 0.2) is 0 Å². The van der Waals surface area contributed by atoms with Gasteiger partial charge >= 0.3 is 0 Å². The Bertz CT molecular complexity index is 513. The molecule has 0 N–H and O–H groups in total. The Morgan fingerprint density at radius 2 is 2.23 bits per heavy atom. The Balaban J connectivity index is 2.02. The van der Waals surface area contributed by atoms with Gasteiger partial charge in [-0.2, -0.15) is 0 Å². The third-order valence-corrected chi connectivity index (χ3v) is 5.27. The molecule has 1 aromatic rings. The molecular formula is C16H27N3O2S. The topological polar surface area (TPSA) is 45.7 Å². The number of carbonyl (C=O) groups is 1. The highest BCUT2D eigenvalue weighted by atomic mass is 32.1. The van der Waals surface area contributed by atoms with E-state index in [1.807, 2.05) is 11.8 Å². The fourth-order valence-electron chi connectivity index (χ4n) is 2.49. The van der Waals surface area contributed by atoms with Crippen molar-refractivity contribution in [1.29, 1.82) is 0 Å². The molecule has 0 radical (unpaired) electrons. The summed E-state index contributed by atoms with van der Waals surface area (Å²) in [6.07, 6.45) is 1.09. The minimum atomic E-state index is 0.111. The molecule has 6 heteroatoms. The van der Waals surface area contributed by atoms with Gasteiger partial charge in [0.1, 0.15) is 4.88 Å². The highest BCUT2D eigenvalue weighted by Gasteiger charge is 2.27. The van der Waals surface area contributed by atoms with Crippen LogP contribution < -0.4 is 0 Å². The van der Waals surface area contributed by atoms with Crippen molar-refractivity contribution in [2.24, 2.45) is 0 Å². The van der Waals surface area contributed by atoms with Crippen molar-refractivity contribution in [1.82, 2.24) is 14.8 Å². The summed E-state index contributed by atoms with van der Waals surface area (Å²) in [5, 5.41) is 1.04. The lowest BCUT2D eigenvalue weighted by Gasteiger charge is -2.33. The van der Waals surface area contributed by atoms with Gasteiger partial charge in [0.25, 0.3) is 5.91 Å². The van der Waals surface area contributed by atoms with Gasteiger partial charge in [0, 0.05) is 25.6 Å². The van der Waals surface area contributed by atoms with Gasteiger partial charge in [0.05, 0.1) is 23.4 Å². The number of hydrogen-bond donors (Lipinski definition) is 0. The number of thiazole rings is 1.